The Hall–Kier alpha value is -2.62. The third-order valence-corrected chi connectivity index (χ3v) is 4.18. The first-order chi connectivity index (χ1) is 11.0. The second kappa shape index (κ2) is 6.24. The lowest BCUT2D eigenvalue weighted by Crippen LogP contribution is -2.28. The molecule has 2 amide bonds. The highest BCUT2D eigenvalue weighted by Crippen LogP contribution is 2.38. The minimum Gasteiger partial charge on any atom is -0.326 e. The fourth-order valence-electron chi connectivity index (χ4n) is 3.13. The summed E-state index contributed by atoms with van der Waals surface area (Å²) < 4.78 is 0. The third-order valence-electron chi connectivity index (χ3n) is 4.18. The van der Waals surface area contributed by atoms with Crippen LogP contribution in [0.5, 0.6) is 0 Å². The van der Waals surface area contributed by atoms with Crippen LogP contribution in [0.15, 0.2) is 48.5 Å². The molecular formula is C19H20N2O2. The molecule has 1 atom stereocenters. The number of fused-ring (bicyclic) bond motifs is 1. The first kappa shape index (κ1) is 15.3. The van der Waals surface area contributed by atoms with E-state index in [0.717, 1.165) is 22.5 Å². The molecule has 4 heteroatoms. The monoisotopic (exact) mass is 308 g/mol. The van der Waals surface area contributed by atoms with Crippen LogP contribution in [-0.2, 0) is 9.59 Å². The molecule has 2 aromatic carbocycles. The predicted octanol–water partition coefficient (Wildman–Crippen LogP) is 3.47. The average Bonchev–Trinajstić information content (AvgIpc) is 2.86. The number of para-hydroxylation sites is 1. The summed E-state index contributed by atoms with van der Waals surface area (Å²) in [5.41, 5.74) is 3.91. The maximum absolute atomic E-state index is 12.4. The second-order valence-corrected chi connectivity index (χ2v) is 6.01. The van der Waals surface area contributed by atoms with Gasteiger partial charge in [-0.25, -0.2) is 0 Å². The average molecular weight is 308 g/mol. The number of rotatable bonds is 3. The van der Waals surface area contributed by atoms with Crippen molar-refractivity contribution in [1.29, 1.82) is 0 Å². The van der Waals surface area contributed by atoms with Crippen molar-refractivity contribution < 1.29 is 9.59 Å². The Morgan fingerprint density at radius 1 is 1.17 bits per heavy atom. The third kappa shape index (κ3) is 3.26. The van der Waals surface area contributed by atoms with E-state index in [1.807, 2.05) is 55.5 Å². The number of anilines is 2. The molecule has 1 unspecified atom stereocenters. The number of hydrogen-bond donors (Lipinski definition) is 1. The Bertz CT molecular complexity index is 755. The Labute approximate surface area is 136 Å². The van der Waals surface area contributed by atoms with E-state index in [-0.39, 0.29) is 17.7 Å². The van der Waals surface area contributed by atoms with Crippen LogP contribution in [0.25, 0.3) is 0 Å². The maximum Gasteiger partial charge on any atom is 0.225 e. The second-order valence-electron chi connectivity index (χ2n) is 6.01. The van der Waals surface area contributed by atoms with E-state index >= 15 is 0 Å². The van der Waals surface area contributed by atoms with Crippen LogP contribution in [0.4, 0.5) is 11.4 Å². The van der Waals surface area contributed by atoms with Crippen molar-refractivity contribution in [2.45, 2.75) is 26.2 Å². The van der Waals surface area contributed by atoms with Crippen molar-refractivity contribution in [3.8, 4) is 0 Å². The molecular weight excluding hydrogens is 288 g/mol. The first-order valence-electron chi connectivity index (χ1n) is 7.78. The molecule has 118 valence electrons. The number of carbonyl (C=O) groups excluding carboxylic acids is 2. The maximum atomic E-state index is 12.4. The summed E-state index contributed by atoms with van der Waals surface area (Å²) in [7, 11) is 0. The van der Waals surface area contributed by atoms with Crippen LogP contribution in [0.1, 0.15) is 30.4 Å². The number of hydrogen-bond acceptors (Lipinski definition) is 2. The van der Waals surface area contributed by atoms with Gasteiger partial charge in [0.05, 0.1) is 0 Å². The SMILES string of the molecule is CC(=O)N1CC(CC(=O)Nc2cccc(C)c2)c2ccccc21. The highest BCUT2D eigenvalue weighted by atomic mass is 16.2. The lowest BCUT2D eigenvalue weighted by Gasteiger charge is -2.15. The lowest BCUT2D eigenvalue weighted by atomic mass is 9.97. The Morgan fingerprint density at radius 3 is 2.70 bits per heavy atom. The van der Waals surface area contributed by atoms with Gasteiger partial charge in [-0.15, -0.1) is 0 Å². The molecule has 0 aromatic heterocycles. The van der Waals surface area contributed by atoms with Gasteiger partial charge in [0.1, 0.15) is 0 Å². The van der Waals surface area contributed by atoms with Crippen LogP contribution in [0.3, 0.4) is 0 Å². The minimum atomic E-state index is -0.0270. The summed E-state index contributed by atoms with van der Waals surface area (Å²) in [6.45, 7) is 4.12. The van der Waals surface area contributed by atoms with Crippen LogP contribution >= 0.6 is 0 Å². The van der Waals surface area contributed by atoms with E-state index in [4.69, 9.17) is 0 Å². The molecule has 1 heterocycles. The standard InChI is InChI=1S/C19H20N2O2/c1-13-6-5-7-16(10-13)20-19(23)11-15-12-21(14(2)22)18-9-4-3-8-17(15)18/h3-10,15H,11-12H2,1-2H3,(H,20,23). The molecule has 0 spiro atoms. The molecule has 1 aliphatic rings. The Kier molecular flexibility index (Phi) is 4.15. The highest BCUT2D eigenvalue weighted by molar-refractivity contribution is 5.96. The largest absolute Gasteiger partial charge is 0.326 e. The molecule has 0 bridgehead atoms. The van der Waals surface area contributed by atoms with Gasteiger partial charge >= 0.3 is 0 Å². The summed E-state index contributed by atoms with van der Waals surface area (Å²) in [6.07, 6.45) is 0.370. The van der Waals surface area contributed by atoms with Gasteiger partial charge in [0, 0.05) is 37.2 Å². The number of aryl methyl sites for hydroxylation is 1. The highest BCUT2D eigenvalue weighted by Gasteiger charge is 2.31. The zero-order valence-electron chi connectivity index (χ0n) is 13.4. The number of nitrogens with zero attached hydrogens (tertiary/aromatic N) is 1. The van der Waals surface area contributed by atoms with E-state index in [1.165, 1.54) is 0 Å². The molecule has 0 aliphatic carbocycles. The Morgan fingerprint density at radius 2 is 1.96 bits per heavy atom. The molecule has 2 aromatic rings. The molecule has 1 N–H and O–H groups in total. The van der Waals surface area contributed by atoms with Crippen molar-refractivity contribution >= 4 is 23.2 Å². The minimum absolute atomic E-state index is 0.0130. The number of carbonyl (C=O) groups is 2. The van der Waals surface area contributed by atoms with Crippen molar-refractivity contribution in [3.05, 3.63) is 59.7 Å². The number of nitrogens with one attached hydrogen (secondary N) is 1. The molecule has 0 saturated carbocycles. The van der Waals surface area contributed by atoms with Gasteiger partial charge in [0.25, 0.3) is 0 Å². The topological polar surface area (TPSA) is 49.4 Å². The fourth-order valence-corrected chi connectivity index (χ4v) is 3.13. The molecule has 4 nitrogen and oxygen atoms in total. The molecule has 0 saturated heterocycles. The van der Waals surface area contributed by atoms with Gasteiger partial charge in [-0.1, -0.05) is 30.3 Å². The summed E-state index contributed by atoms with van der Waals surface area (Å²) in [6, 6.07) is 15.6. The fraction of sp³-hybridized carbons (Fsp3) is 0.263. The van der Waals surface area contributed by atoms with Crippen LogP contribution < -0.4 is 10.2 Å². The summed E-state index contributed by atoms with van der Waals surface area (Å²) >= 11 is 0. The van der Waals surface area contributed by atoms with Crippen LogP contribution in [0, 0.1) is 6.92 Å². The van der Waals surface area contributed by atoms with E-state index in [1.54, 1.807) is 11.8 Å². The van der Waals surface area contributed by atoms with Gasteiger partial charge in [0.2, 0.25) is 11.8 Å². The Balaban J connectivity index is 1.73. The van der Waals surface area contributed by atoms with Gasteiger partial charge < -0.3 is 10.2 Å². The normalized spacial score (nSPS) is 16.1. The van der Waals surface area contributed by atoms with E-state index in [2.05, 4.69) is 5.32 Å². The summed E-state index contributed by atoms with van der Waals surface area (Å²) in [5, 5.41) is 2.94. The van der Waals surface area contributed by atoms with Crippen molar-refractivity contribution in [2.75, 3.05) is 16.8 Å². The molecule has 23 heavy (non-hydrogen) atoms. The molecule has 3 rings (SSSR count). The number of benzene rings is 2. The molecule has 1 aliphatic heterocycles. The quantitative estimate of drug-likeness (QED) is 0.944. The van der Waals surface area contributed by atoms with Gasteiger partial charge in [0.15, 0.2) is 0 Å². The molecule has 0 radical (unpaired) electrons. The zero-order valence-corrected chi connectivity index (χ0v) is 13.4. The van der Waals surface area contributed by atoms with E-state index in [0.29, 0.717) is 13.0 Å². The van der Waals surface area contributed by atoms with Crippen LogP contribution in [0.2, 0.25) is 0 Å². The zero-order chi connectivity index (χ0) is 16.4. The van der Waals surface area contributed by atoms with Gasteiger partial charge in [-0.3, -0.25) is 9.59 Å². The van der Waals surface area contributed by atoms with Crippen LogP contribution in [-0.4, -0.2) is 18.4 Å². The summed E-state index contributed by atoms with van der Waals surface area (Å²) in [4.78, 5) is 25.9. The van der Waals surface area contributed by atoms with Gasteiger partial charge in [-0.2, -0.15) is 0 Å². The van der Waals surface area contributed by atoms with Crippen molar-refractivity contribution in [3.63, 3.8) is 0 Å². The first-order valence-corrected chi connectivity index (χ1v) is 7.78. The van der Waals surface area contributed by atoms with Crippen molar-refractivity contribution in [1.82, 2.24) is 0 Å². The number of amides is 2. The lowest BCUT2D eigenvalue weighted by molar-refractivity contribution is -0.118. The molecule has 0 fully saturated rings. The van der Waals surface area contributed by atoms with E-state index in [9.17, 15) is 9.59 Å². The van der Waals surface area contributed by atoms with Gasteiger partial charge in [-0.05, 0) is 36.2 Å². The predicted molar refractivity (Wildman–Crippen MR) is 91.6 cm³/mol. The van der Waals surface area contributed by atoms with Crippen molar-refractivity contribution in [2.24, 2.45) is 0 Å². The van der Waals surface area contributed by atoms with E-state index < -0.39 is 0 Å². The smallest absolute Gasteiger partial charge is 0.225 e. The summed E-state index contributed by atoms with van der Waals surface area (Å²) in [5.74, 6) is 0.0276.